The van der Waals surface area contributed by atoms with E-state index in [1.54, 1.807) is 6.92 Å². The molecule has 0 unspecified atom stereocenters. The number of aryl methyl sites for hydroxylation is 1. The van der Waals surface area contributed by atoms with E-state index in [1.807, 2.05) is 0 Å². The zero-order valence-corrected chi connectivity index (χ0v) is 12.5. The second kappa shape index (κ2) is 5.99. The molecule has 0 spiro atoms. The highest BCUT2D eigenvalue weighted by Crippen LogP contribution is 2.25. The van der Waals surface area contributed by atoms with Gasteiger partial charge in [0.15, 0.2) is 0 Å². The molecule has 0 bridgehead atoms. The normalized spacial score (nSPS) is 11.4. The summed E-state index contributed by atoms with van der Waals surface area (Å²) in [6, 6.07) is 7.52. The lowest BCUT2D eigenvalue weighted by atomic mass is 10.2. The van der Waals surface area contributed by atoms with Crippen LogP contribution in [0, 0.1) is 18.6 Å². The maximum Gasteiger partial charge on any atom is 0.261 e. The van der Waals surface area contributed by atoms with E-state index in [4.69, 9.17) is 15.4 Å². The van der Waals surface area contributed by atoms with Crippen molar-refractivity contribution in [2.24, 2.45) is 0 Å². The molecule has 0 amide bonds. The Morgan fingerprint density at radius 3 is 2.29 bits per heavy atom. The molecule has 3 nitrogen and oxygen atoms in total. The van der Waals surface area contributed by atoms with Crippen LogP contribution in [0.25, 0.3) is 0 Å². The van der Waals surface area contributed by atoms with E-state index < -0.39 is 20.7 Å². The molecule has 2 rings (SSSR count). The van der Waals surface area contributed by atoms with Crippen molar-refractivity contribution >= 4 is 19.7 Å². The van der Waals surface area contributed by atoms with Gasteiger partial charge in [-0.05, 0) is 42.8 Å². The molecule has 0 aliphatic heterocycles. The summed E-state index contributed by atoms with van der Waals surface area (Å²) < 4.78 is 54.6. The number of benzene rings is 2. The first-order valence-corrected chi connectivity index (χ1v) is 8.21. The summed E-state index contributed by atoms with van der Waals surface area (Å²) in [6.45, 7) is 1.31. The summed E-state index contributed by atoms with van der Waals surface area (Å²) in [5, 5.41) is 0. The Labute approximate surface area is 125 Å². The van der Waals surface area contributed by atoms with Crippen molar-refractivity contribution < 1.29 is 21.9 Å². The number of hydrogen-bond donors (Lipinski definition) is 0. The Bertz CT molecular complexity index is 756. The summed E-state index contributed by atoms with van der Waals surface area (Å²) in [4.78, 5) is -0.0638. The second-order valence-corrected chi connectivity index (χ2v) is 6.92. The van der Waals surface area contributed by atoms with Crippen molar-refractivity contribution in [1.82, 2.24) is 0 Å². The van der Waals surface area contributed by atoms with E-state index in [9.17, 15) is 17.2 Å². The maximum atomic E-state index is 13.5. The molecule has 0 aliphatic carbocycles. The topological polar surface area (TPSA) is 43.4 Å². The zero-order chi connectivity index (χ0) is 15.6. The Morgan fingerprint density at radius 1 is 1.14 bits per heavy atom. The number of hydrogen-bond acceptors (Lipinski definition) is 3. The average molecular weight is 333 g/mol. The summed E-state index contributed by atoms with van der Waals surface area (Å²) >= 11 is 0. The summed E-state index contributed by atoms with van der Waals surface area (Å²) in [6.07, 6.45) is 0. The fraction of sp³-hybridized carbons (Fsp3) is 0.143. The molecule has 0 heterocycles. The molecule has 0 fully saturated rings. The van der Waals surface area contributed by atoms with E-state index in [0.29, 0.717) is 11.3 Å². The van der Waals surface area contributed by atoms with Gasteiger partial charge in [-0.15, -0.1) is 0 Å². The quantitative estimate of drug-likeness (QED) is 0.800. The first kappa shape index (κ1) is 15.7. The fourth-order valence-electron chi connectivity index (χ4n) is 1.76. The molecule has 7 heteroatoms. The van der Waals surface area contributed by atoms with Crippen molar-refractivity contribution in [1.29, 1.82) is 0 Å². The summed E-state index contributed by atoms with van der Waals surface area (Å²) in [7, 11) is 1.40. The van der Waals surface area contributed by atoms with Gasteiger partial charge in [-0.2, -0.15) is 0 Å². The van der Waals surface area contributed by atoms with Gasteiger partial charge in [0.2, 0.25) is 0 Å². The van der Waals surface area contributed by atoms with Gasteiger partial charge >= 0.3 is 0 Å². The van der Waals surface area contributed by atoms with E-state index in [1.165, 1.54) is 24.3 Å². The van der Waals surface area contributed by atoms with Crippen LogP contribution in [0.4, 0.5) is 8.78 Å². The average Bonchev–Trinajstić information content (AvgIpc) is 2.38. The van der Waals surface area contributed by atoms with Crippen molar-refractivity contribution in [3.05, 3.63) is 59.2 Å². The Hall–Kier alpha value is -1.66. The molecular weight excluding hydrogens is 322 g/mol. The molecule has 0 aliphatic rings. The standard InChI is InChI=1S/C14H11ClF2O3S/c1-9-7-10(21(15,18)19)5-6-14(9)20-8-11-12(16)3-2-4-13(11)17/h2-7H,8H2,1H3. The molecule has 2 aromatic rings. The third-order valence-electron chi connectivity index (χ3n) is 2.86. The van der Waals surface area contributed by atoms with Gasteiger partial charge in [0.1, 0.15) is 24.0 Å². The van der Waals surface area contributed by atoms with Gasteiger partial charge in [-0.1, -0.05) is 6.07 Å². The minimum absolute atomic E-state index is 0.0638. The second-order valence-electron chi connectivity index (χ2n) is 4.35. The van der Waals surface area contributed by atoms with Crippen LogP contribution in [0.5, 0.6) is 5.75 Å². The first-order chi connectivity index (χ1) is 9.79. The lowest BCUT2D eigenvalue weighted by Gasteiger charge is -2.11. The third kappa shape index (κ3) is 3.71. The molecule has 0 saturated heterocycles. The van der Waals surface area contributed by atoms with Crippen molar-refractivity contribution in [2.75, 3.05) is 0 Å². The van der Waals surface area contributed by atoms with Crippen LogP contribution in [-0.2, 0) is 15.7 Å². The van der Waals surface area contributed by atoms with Crippen molar-refractivity contribution in [3.63, 3.8) is 0 Å². The minimum atomic E-state index is -3.83. The molecule has 0 radical (unpaired) electrons. The van der Waals surface area contributed by atoms with Gasteiger partial charge in [-0.3, -0.25) is 0 Å². The highest BCUT2D eigenvalue weighted by Gasteiger charge is 2.13. The number of rotatable bonds is 4. The van der Waals surface area contributed by atoms with Crippen molar-refractivity contribution in [2.45, 2.75) is 18.4 Å². The predicted octanol–water partition coefficient (Wildman–Crippen LogP) is 3.78. The molecule has 112 valence electrons. The van der Waals surface area contributed by atoms with E-state index >= 15 is 0 Å². The maximum absolute atomic E-state index is 13.5. The molecule has 0 atom stereocenters. The number of ether oxygens (including phenoxy) is 1. The molecule has 0 aromatic heterocycles. The van der Waals surface area contributed by atoms with Crippen LogP contribution >= 0.6 is 10.7 Å². The predicted molar refractivity (Wildman–Crippen MR) is 74.9 cm³/mol. The molecule has 0 N–H and O–H groups in total. The third-order valence-corrected chi connectivity index (χ3v) is 4.21. The van der Waals surface area contributed by atoms with Crippen LogP contribution < -0.4 is 4.74 Å². The summed E-state index contributed by atoms with van der Waals surface area (Å²) in [5.74, 6) is -1.08. The molecule has 2 aromatic carbocycles. The van der Waals surface area contributed by atoms with Crippen LogP contribution in [0.1, 0.15) is 11.1 Å². The molecule has 0 saturated carbocycles. The Morgan fingerprint density at radius 2 is 1.76 bits per heavy atom. The van der Waals surface area contributed by atoms with E-state index in [-0.39, 0.29) is 17.1 Å². The van der Waals surface area contributed by atoms with Crippen LogP contribution in [0.15, 0.2) is 41.3 Å². The highest BCUT2D eigenvalue weighted by molar-refractivity contribution is 8.13. The van der Waals surface area contributed by atoms with Crippen molar-refractivity contribution in [3.8, 4) is 5.75 Å². The smallest absolute Gasteiger partial charge is 0.261 e. The molecule has 21 heavy (non-hydrogen) atoms. The monoisotopic (exact) mass is 332 g/mol. The van der Waals surface area contributed by atoms with Gasteiger partial charge in [0.25, 0.3) is 9.05 Å². The van der Waals surface area contributed by atoms with E-state index in [2.05, 4.69) is 0 Å². The van der Waals surface area contributed by atoms with Gasteiger partial charge < -0.3 is 4.74 Å². The number of halogens is 3. The van der Waals surface area contributed by atoms with Crippen LogP contribution in [0.2, 0.25) is 0 Å². The van der Waals surface area contributed by atoms with Crippen LogP contribution in [-0.4, -0.2) is 8.42 Å². The van der Waals surface area contributed by atoms with Crippen LogP contribution in [0.3, 0.4) is 0 Å². The Kier molecular flexibility index (Phi) is 4.49. The Balaban J connectivity index is 2.22. The summed E-state index contributed by atoms with van der Waals surface area (Å²) in [5.41, 5.74) is 0.305. The first-order valence-electron chi connectivity index (χ1n) is 5.90. The molecular formula is C14H11ClF2O3S. The fourth-order valence-corrected chi connectivity index (χ4v) is 2.59. The van der Waals surface area contributed by atoms with E-state index in [0.717, 1.165) is 12.1 Å². The highest BCUT2D eigenvalue weighted by atomic mass is 35.7. The largest absolute Gasteiger partial charge is 0.488 e. The van der Waals surface area contributed by atoms with Gasteiger partial charge in [-0.25, -0.2) is 17.2 Å². The SMILES string of the molecule is Cc1cc(S(=O)(=O)Cl)ccc1OCc1c(F)cccc1F. The minimum Gasteiger partial charge on any atom is -0.488 e. The van der Waals surface area contributed by atoms with Gasteiger partial charge in [0.05, 0.1) is 10.5 Å². The van der Waals surface area contributed by atoms with Gasteiger partial charge in [0, 0.05) is 10.7 Å². The lowest BCUT2D eigenvalue weighted by molar-refractivity contribution is 0.290. The lowest BCUT2D eigenvalue weighted by Crippen LogP contribution is -2.03. The zero-order valence-electron chi connectivity index (χ0n) is 10.9.